The molecule has 0 saturated heterocycles. The molecule has 0 aliphatic rings. The summed E-state index contributed by atoms with van der Waals surface area (Å²) >= 11 is 0. The van der Waals surface area contributed by atoms with Crippen LogP contribution in [-0.4, -0.2) is 37.2 Å². The number of hydrogen-bond donors (Lipinski definition) is 0. The molecule has 0 saturated carbocycles. The lowest BCUT2D eigenvalue weighted by Crippen LogP contribution is -2.30. The Labute approximate surface area is 412 Å². The van der Waals surface area contributed by atoms with Gasteiger partial charge in [-0.2, -0.15) is 0 Å². The van der Waals surface area contributed by atoms with Gasteiger partial charge in [-0.1, -0.05) is 206 Å². The minimum atomic E-state index is -0.822. The van der Waals surface area contributed by atoms with E-state index in [-0.39, 0.29) is 44.0 Å². The third kappa shape index (κ3) is 52.6. The fourth-order valence-corrected chi connectivity index (χ4v) is 6.93. The lowest BCUT2D eigenvalue weighted by atomic mass is 10.1. The van der Waals surface area contributed by atoms with Gasteiger partial charge in [-0.25, -0.2) is 0 Å². The monoisotopic (exact) mass is 927 g/mol. The summed E-state index contributed by atoms with van der Waals surface area (Å²) in [6, 6.07) is 0. The van der Waals surface area contributed by atoms with Gasteiger partial charge < -0.3 is 14.2 Å². The molecule has 67 heavy (non-hydrogen) atoms. The number of carbonyl (C=O) groups is 3. The van der Waals surface area contributed by atoms with Crippen LogP contribution in [0.5, 0.6) is 0 Å². The van der Waals surface area contributed by atoms with Crippen LogP contribution in [0.1, 0.15) is 226 Å². The fourth-order valence-electron chi connectivity index (χ4n) is 6.93. The Hall–Kier alpha value is -4.19. The van der Waals surface area contributed by atoms with Gasteiger partial charge in [-0.05, 0) is 122 Å². The van der Waals surface area contributed by atoms with Crippen molar-refractivity contribution < 1.29 is 28.6 Å². The van der Waals surface area contributed by atoms with Gasteiger partial charge in [0.1, 0.15) is 13.2 Å². The molecular weight excluding hydrogens is 829 g/mol. The number of ether oxygens (including phenoxy) is 3. The maximum atomic E-state index is 12.8. The molecule has 0 aliphatic heterocycles. The molecule has 0 aromatic heterocycles. The molecule has 0 rings (SSSR count). The van der Waals surface area contributed by atoms with Crippen molar-refractivity contribution in [2.75, 3.05) is 13.2 Å². The summed E-state index contributed by atoms with van der Waals surface area (Å²) < 4.78 is 16.8. The maximum absolute atomic E-state index is 12.8. The Bertz CT molecular complexity index is 1440. The first-order valence-electron chi connectivity index (χ1n) is 27.0. The van der Waals surface area contributed by atoms with E-state index in [2.05, 4.69) is 142 Å². The smallest absolute Gasteiger partial charge is 0.306 e. The summed E-state index contributed by atoms with van der Waals surface area (Å²) in [6.07, 6.45) is 74.7. The molecule has 378 valence electrons. The SMILES string of the molecule is CC/C=C\C/C=C\C/C=C\C/C=C\CCCCCCC(=O)O[C@@H](COC(=O)CCC/C=C\C/C=C\C/C=C\CCCCCCCC)COC(=O)CCCCCCC/C=C\C/C=C\C/C=C\CC. The molecule has 0 N–H and O–H groups in total. The van der Waals surface area contributed by atoms with Crippen LogP contribution in [-0.2, 0) is 28.6 Å². The van der Waals surface area contributed by atoms with Crippen molar-refractivity contribution in [3.63, 3.8) is 0 Å². The average Bonchev–Trinajstić information content (AvgIpc) is 3.33. The molecule has 0 radical (unpaired) electrons. The fraction of sp³-hybridized carbons (Fsp3) is 0.623. The summed E-state index contributed by atoms with van der Waals surface area (Å²) in [5.74, 6) is -1.02. The zero-order valence-electron chi connectivity index (χ0n) is 43.1. The van der Waals surface area contributed by atoms with E-state index in [9.17, 15) is 14.4 Å². The third-order valence-electron chi connectivity index (χ3n) is 10.9. The largest absolute Gasteiger partial charge is 0.462 e. The molecule has 1 atom stereocenters. The van der Waals surface area contributed by atoms with Gasteiger partial charge in [0.25, 0.3) is 0 Å². The van der Waals surface area contributed by atoms with Crippen LogP contribution in [0.2, 0.25) is 0 Å². The minimum absolute atomic E-state index is 0.116. The van der Waals surface area contributed by atoms with E-state index in [1.807, 2.05) is 0 Å². The highest BCUT2D eigenvalue weighted by Gasteiger charge is 2.19. The van der Waals surface area contributed by atoms with Crippen molar-refractivity contribution >= 4 is 17.9 Å². The van der Waals surface area contributed by atoms with Crippen molar-refractivity contribution in [1.29, 1.82) is 0 Å². The first kappa shape index (κ1) is 62.8. The number of hydrogen-bond acceptors (Lipinski definition) is 6. The van der Waals surface area contributed by atoms with Crippen molar-refractivity contribution in [2.45, 2.75) is 232 Å². The number of allylic oxidation sites excluding steroid dienone is 20. The van der Waals surface area contributed by atoms with E-state index in [1.165, 1.54) is 44.9 Å². The van der Waals surface area contributed by atoms with Crippen molar-refractivity contribution in [3.8, 4) is 0 Å². The Morgan fingerprint density at radius 1 is 0.313 bits per heavy atom. The summed E-state index contributed by atoms with van der Waals surface area (Å²) in [4.78, 5) is 38.1. The Kier molecular flexibility index (Phi) is 51.0. The van der Waals surface area contributed by atoms with Gasteiger partial charge in [-0.15, -0.1) is 0 Å². The Balaban J connectivity index is 4.56. The van der Waals surface area contributed by atoms with Crippen molar-refractivity contribution in [3.05, 3.63) is 122 Å². The number of rotatable bonds is 47. The molecule has 0 amide bonds. The van der Waals surface area contributed by atoms with Gasteiger partial charge in [0.15, 0.2) is 6.10 Å². The van der Waals surface area contributed by atoms with Crippen molar-refractivity contribution in [2.24, 2.45) is 0 Å². The summed E-state index contributed by atoms with van der Waals surface area (Å²) in [6.45, 7) is 6.31. The molecule has 0 spiro atoms. The lowest BCUT2D eigenvalue weighted by molar-refractivity contribution is -0.167. The van der Waals surface area contributed by atoms with Crippen LogP contribution >= 0.6 is 0 Å². The van der Waals surface area contributed by atoms with Crippen LogP contribution in [0.4, 0.5) is 0 Å². The third-order valence-corrected chi connectivity index (χ3v) is 10.9. The summed E-state index contributed by atoms with van der Waals surface area (Å²) in [5, 5.41) is 0. The molecule has 0 heterocycles. The van der Waals surface area contributed by atoms with Gasteiger partial charge in [0.2, 0.25) is 0 Å². The number of unbranched alkanes of at least 4 members (excludes halogenated alkanes) is 16. The predicted molar refractivity (Wildman–Crippen MR) is 288 cm³/mol. The average molecular weight is 927 g/mol. The second kappa shape index (κ2) is 54.4. The van der Waals surface area contributed by atoms with Crippen LogP contribution in [0.25, 0.3) is 0 Å². The van der Waals surface area contributed by atoms with E-state index in [0.717, 1.165) is 135 Å². The van der Waals surface area contributed by atoms with Crippen LogP contribution < -0.4 is 0 Å². The van der Waals surface area contributed by atoms with Crippen molar-refractivity contribution in [1.82, 2.24) is 0 Å². The summed E-state index contributed by atoms with van der Waals surface area (Å²) in [7, 11) is 0. The van der Waals surface area contributed by atoms with Gasteiger partial charge >= 0.3 is 17.9 Å². The molecule has 0 bridgehead atoms. The minimum Gasteiger partial charge on any atom is -0.462 e. The molecule has 6 nitrogen and oxygen atoms in total. The second-order valence-electron chi connectivity index (χ2n) is 17.4. The number of carbonyl (C=O) groups excluding carboxylic acids is 3. The molecule has 6 heteroatoms. The molecule has 0 unspecified atom stereocenters. The van der Waals surface area contributed by atoms with E-state index in [0.29, 0.717) is 12.8 Å². The zero-order chi connectivity index (χ0) is 48.6. The normalized spacial score (nSPS) is 13.1. The van der Waals surface area contributed by atoms with E-state index in [1.54, 1.807) is 0 Å². The summed E-state index contributed by atoms with van der Waals surface area (Å²) in [5.41, 5.74) is 0. The molecular formula is C61H98O6. The molecule has 0 fully saturated rings. The Morgan fingerprint density at radius 3 is 0.970 bits per heavy atom. The van der Waals surface area contributed by atoms with E-state index >= 15 is 0 Å². The van der Waals surface area contributed by atoms with E-state index < -0.39 is 6.10 Å². The van der Waals surface area contributed by atoms with E-state index in [4.69, 9.17) is 14.2 Å². The predicted octanol–water partition coefficient (Wildman–Crippen LogP) is 18.1. The number of esters is 3. The Morgan fingerprint density at radius 2 is 0.597 bits per heavy atom. The maximum Gasteiger partial charge on any atom is 0.306 e. The molecule has 0 aromatic rings. The quantitative estimate of drug-likeness (QED) is 0.0262. The van der Waals surface area contributed by atoms with Gasteiger partial charge in [0.05, 0.1) is 0 Å². The molecule has 0 aliphatic carbocycles. The zero-order valence-corrected chi connectivity index (χ0v) is 43.1. The first-order chi connectivity index (χ1) is 33.0. The highest BCUT2D eigenvalue weighted by Crippen LogP contribution is 2.12. The van der Waals surface area contributed by atoms with Crippen LogP contribution in [0.3, 0.4) is 0 Å². The topological polar surface area (TPSA) is 78.9 Å². The van der Waals surface area contributed by atoms with Crippen LogP contribution in [0.15, 0.2) is 122 Å². The highest BCUT2D eigenvalue weighted by molar-refractivity contribution is 5.71. The lowest BCUT2D eigenvalue weighted by Gasteiger charge is -2.18. The van der Waals surface area contributed by atoms with Gasteiger partial charge in [-0.3, -0.25) is 14.4 Å². The van der Waals surface area contributed by atoms with Crippen LogP contribution in [0, 0.1) is 0 Å². The standard InChI is InChI=1S/C61H98O6/c1-4-7-10-13-16-19-22-25-28-30-33-36-39-42-45-48-51-54-60(63)66-57-58(56-65-59(62)53-50-47-44-41-38-35-32-27-24-21-18-15-12-9-6-3)67-61(64)55-52-49-46-43-40-37-34-31-29-26-23-20-17-14-11-8-5-2/h8-9,11-12,17-18,20-21,25-29,32-34,36-37,42,45,58H,4-7,10,13-16,19,22-24,30-31,35,38-41,43-44,46-57H2,1-3H3/b11-8-,12-9-,20-17-,21-18-,28-25-,29-26-,32-27-,36-33-,37-34-,45-42-/t58-/m1/s1. The molecule has 0 aromatic carbocycles. The second-order valence-corrected chi connectivity index (χ2v) is 17.4. The first-order valence-corrected chi connectivity index (χ1v) is 27.0. The highest BCUT2D eigenvalue weighted by atomic mass is 16.6. The van der Waals surface area contributed by atoms with Gasteiger partial charge in [0, 0.05) is 19.3 Å².